The van der Waals surface area contributed by atoms with Crippen molar-refractivity contribution in [1.29, 1.82) is 0 Å². The van der Waals surface area contributed by atoms with Crippen molar-refractivity contribution in [3.05, 3.63) is 39.9 Å². The Bertz CT molecular complexity index is 1140. The number of hydrogen-bond donors (Lipinski definition) is 1. The van der Waals surface area contributed by atoms with E-state index in [1.807, 2.05) is 19.2 Å². The van der Waals surface area contributed by atoms with Crippen molar-refractivity contribution in [1.82, 2.24) is 20.0 Å². The number of amides is 1. The first kappa shape index (κ1) is 23.5. The van der Waals surface area contributed by atoms with Gasteiger partial charge in [-0.3, -0.25) is 9.48 Å². The maximum Gasteiger partial charge on any atom is 0.341 e. The molecule has 1 aliphatic rings. The first-order chi connectivity index (χ1) is 16.0. The normalized spacial score (nSPS) is 15.3. The van der Waals surface area contributed by atoms with Crippen LogP contribution < -0.4 is 5.32 Å². The van der Waals surface area contributed by atoms with E-state index >= 15 is 0 Å². The number of nitrogens with zero attached hydrogens (tertiary/aromatic N) is 4. The van der Waals surface area contributed by atoms with E-state index in [1.165, 1.54) is 16.2 Å². The molecule has 1 amide bonds. The molecule has 0 saturated carbocycles. The van der Waals surface area contributed by atoms with Crippen molar-refractivity contribution in [2.24, 2.45) is 5.92 Å². The number of nitrogens with one attached hydrogen (secondary N) is 1. The van der Waals surface area contributed by atoms with Crippen molar-refractivity contribution in [2.75, 3.05) is 17.7 Å². The van der Waals surface area contributed by atoms with E-state index in [2.05, 4.69) is 27.5 Å². The number of carbonyl (C=O) groups excluding carboxylic acids is 2. The largest absolute Gasteiger partial charge is 0.462 e. The van der Waals surface area contributed by atoms with Gasteiger partial charge in [0, 0.05) is 11.1 Å². The summed E-state index contributed by atoms with van der Waals surface area (Å²) in [5, 5.41) is 16.1. The lowest BCUT2D eigenvalue weighted by atomic mass is 9.85. The van der Waals surface area contributed by atoms with Gasteiger partial charge in [-0.05, 0) is 50.7 Å². The minimum absolute atomic E-state index is 0.0882. The average molecular weight is 490 g/mol. The molecule has 0 saturated heterocycles. The molecular weight excluding hydrogens is 462 g/mol. The Balaban J connectivity index is 1.40. The zero-order valence-electron chi connectivity index (χ0n) is 18.9. The highest BCUT2D eigenvalue weighted by Crippen LogP contribution is 2.41. The van der Waals surface area contributed by atoms with Crippen LogP contribution in [0.4, 0.5) is 5.00 Å². The number of hydrogen-bond acceptors (Lipinski definition) is 9. The molecule has 3 aromatic rings. The number of aromatic nitrogens is 4. The second-order valence-corrected chi connectivity index (χ2v) is 9.93. The van der Waals surface area contributed by atoms with Gasteiger partial charge in [-0.25, -0.2) is 4.79 Å². The fourth-order valence-electron chi connectivity index (χ4n) is 3.85. The summed E-state index contributed by atoms with van der Waals surface area (Å²) >= 11 is 2.64. The van der Waals surface area contributed by atoms with Gasteiger partial charge in [0.05, 0.1) is 23.6 Å². The van der Waals surface area contributed by atoms with Crippen molar-refractivity contribution in [3.8, 4) is 0 Å². The van der Waals surface area contributed by atoms with Gasteiger partial charge in [0.1, 0.15) is 11.5 Å². The molecule has 1 atom stereocenters. The number of anilines is 1. The molecule has 0 aliphatic heterocycles. The number of aryl methyl sites for hydroxylation is 1. The van der Waals surface area contributed by atoms with Crippen LogP contribution in [0.15, 0.2) is 21.9 Å². The highest BCUT2D eigenvalue weighted by atomic mass is 32.2. The highest BCUT2D eigenvalue weighted by molar-refractivity contribution is 7.99. The Kier molecular flexibility index (Phi) is 7.49. The first-order valence-electron chi connectivity index (χ1n) is 11.0. The Morgan fingerprint density at radius 3 is 2.94 bits per heavy atom. The van der Waals surface area contributed by atoms with Crippen LogP contribution in [-0.4, -0.2) is 44.2 Å². The van der Waals surface area contributed by atoms with Crippen LogP contribution in [0.2, 0.25) is 0 Å². The van der Waals surface area contributed by atoms with Gasteiger partial charge in [-0.15, -0.1) is 21.5 Å². The van der Waals surface area contributed by atoms with Crippen molar-refractivity contribution >= 4 is 40.0 Å². The van der Waals surface area contributed by atoms with E-state index in [9.17, 15) is 9.59 Å². The highest BCUT2D eigenvalue weighted by Gasteiger charge is 2.30. The number of thiophene rings is 1. The van der Waals surface area contributed by atoms with Crippen LogP contribution in [-0.2, 0) is 28.9 Å². The van der Waals surface area contributed by atoms with Gasteiger partial charge in [0.2, 0.25) is 11.8 Å². The summed E-state index contributed by atoms with van der Waals surface area (Å²) in [7, 11) is 0. The molecule has 176 valence electrons. The van der Waals surface area contributed by atoms with Crippen molar-refractivity contribution < 1.29 is 18.7 Å². The number of fused-ring (bicyclic) bond motifs is 1. The molecule has 9 nitrogen and oxygen atoms in total. The molecule has 0 fully saturated rings. The SMILES string of the molecule is CCOC(=O)c1c(NC(=O)CSc2nnc(Cn3ccc(C)n3)o2)sc2c1CC[C@@H](CC)C2. The molecule has 0 radical (unpaired) electrons. The molecule has 1 aliphatic carbocycles. The van der Waals surface area contributed by atoms with E-state index in [4.69, 9.17) is 9.15 Å². The molecule has 0 unspecified atom stereocenters. The van der Waals surface area contributed by atoms with Crippen molar-refractivity contribution in [2.45, 2.75) is 58.2 Å². The lowest BCUT2D eigenvalue weighted by Crippen LogP contribution is -2.18. The number of esters is 1. The summed E-state index contributed by atoms with van der Waals surface area (Å²) in [5.41, 5.74) is 2.45. The quantitative estimate of drug-likeness (QED) is 0.353. The molecule has 0 spiro atoms. The molecule has 33 heavy (non-hydrogen) atoms. The molecule has 0 bridgehead atoms. The third kappa shape index (κ3) is 5.64. The zero-order valence-corrected chi connectivity index (χ0v) is 20.6. The number of carbonyl (C=O) groups is 2. The second kappa shape index (κ2) is 10.5. The van der Waals surface area contributed by atoms with Gasteiger partial charge in [0.25, 0.3) is 5.22 Å². The first-order valence-corrected chi connectivity index (χ1v) is 12.8. The van der Waals surface area contributed by atoms with Crippen molar-refractivity contribution in [3.63, 3.8) is 0 Å². The standard InChI is InChI=1S/C22H27N5O4S2/c1-4-14-6-7-15-16(10-14)33-20(19(15)21(29)30-5-2)23-17(28)12-32-22-25-24-18(31-22)11-27-9-8-13(3)26-27/h8-9,14H,4-7,10-12H2,1-3H3,(H,23,28)/t14-/m1/s1. The molecule has 4 rings (SSSR count). The topological polar surface area (TPSA) is 112 Å². The van der Waals surface area contributed by atoms with Crippen LogP contribution in [0.5, 0.6) is 0 Å². The minimum Gasteiger partial charge on any atom is -0.462 e. The Morgan fingerprint density at radius 2 is 2.21 bits per heavy atom. The summed E-state index contributed by atoms with van der Waals surface area (Å²) in [6.45, 7) is 6.54. The van der Waals surface area contributed by atoms with Crippen LogP contribution in [0.3, 0.4) is 0 Å². The molecular formula is C22H27N5O4S2. The van der Waals surface area contributed by atoms with Crippen LogP contribution in [0, 0.1) is 12.8 Å². The molecule has 11 heteroatoms. The van der Waals surface area contributed by atoms with E-state index in [0.29, 0.717) is 40.7 Å². The van der Waals surface area contributed by atoms with Crippen LogP contribution in [0.1, 0.15) is 59.1 Å². The molecule has 0 aromatic carbocycles. The van der Waals surface area contributed by atoms with E-state index in [0.717, 1.165) is 48.7 Å². The van der Waals surface area contributed by atoms with Gasteiger partial charge in [0.15, 0.2) is 0 Å². The second-order valence-electron chi connectivity index (χ2n) is 7.90. The van der Waals surface area contributed by atoms with Gasteiger partial charge < -0.3 is 14.5 Å². The summed E-state index contributed by atoms with van der Waals surface area (Å²) in [5.74, 6) is 0.511. The predicted molar refractivity (Wildman–Crippen MR) is 126 cm³/mol. The molecule has 3 aromatic heterocycles. The smallest absolute Gasteiger partial charge is 0.341 e. The Hall–Kier alpha value is -2.66. The summed E-state index contributed by atoms with van der Waals surface area (Å²) in [6.07, 6.45) is 5.77. The third-order valence-electron chi connectivity index (χ3n) is 5.52. The number of thioether (sulfide) groups is 1. The Labute approximate surface area is 200 Å². The van der Waals surface area contributed by atoms with Gasteiger partial charge in [-0.1, -0.05) is 25.1 Å². The van der Waals surface area contributed by atoms with Gasteiger partial charge >= 0.3 is 5.97 Å². The predicted octanol–water partition coefficient (Wildman–Crippen LogP) is 4.11. The molecule has 3 heterocycles. The van der Waals surface area contributed by atoms with Crippen LogP contribution in [0.25, 0.3) is 0 Å². The van der Waals surface area contributed by atoms with Gasteiger partial charge in [-0.2, -0.15) is 5.10 Å². The maximum atomic E-state index is 12.7. The summed E-state index contributed by atoms with van der Waals surface area (Å²) in [6, 6.07) is 1.89. The Morgan fingerprint density at radius 1 is 1.36 bits per heavy atom. The maximum absolute atomic E-state index is 12.7. The lowest BCUT2D eigenvalue weighted by Gasteiger charge is -2.20. The minimum atomic E-state index is -0.372. The summed E-state index contributed by atoms with van der Waals surface area (Å²) < 4.78 is 12.6. The molecule has 1 N–H and O–H groups in total. The monoisotopic (exact) mass is 489 g/mol. The zero-order chi connectivity index (χ0) is 23.4. The summed E-state index contributed by atoms with van der Waals surface area (Å²) in [4.78, 5) is 26.5. The number of ether oxygens (including phenoxy) is 1. The average Bonchev–Trinajstić information content (AvgIpc) is 3.50. The van der Waals surface area contributed by atoms with E-state index in [1.54, 1.807) is 11.6 Å². The van der Waals surface area contributed by atoms with Crippen LogP contribution >= 0.6 is 23.1 Å². The fraction of sp³-hybridized carbons (Fsp3) is 0.500. The fourth-order valence-corrected chi connectivity index (χ4v) is 5.80. The third-order valence-corrected chi connectivity index (χ3v) is 7.51. The number of rotatable bonds is 9. The van der Waals surface area contributed by atoms with E-state index < -0.39 is 0 Å². The lowest BCUT2D eigenvalue weighted by molar-refractivity contribution is -0.113. The van der Waals surface area contributed by atoms with E-state index in [-0.39, 0.29) is 17.6 Å².